The fraction of sp³-hybridized carbons (Fsp3) is 0.417. The summed E-state index contributed by atoms with van der Waals surface area (Å²) in [6, 6.07) is 4.35. The standard InChI is InChI=1S/C12H16N2O3S/c1-12(2,18-3)7-13-10(15)8-5-4-6-9(14-8)11(16)17/h4-6H,7H2,1-3H3,(H,13,15)(H,16,17). The van der Waals surface area contributed by atoms with E-state index in [9.17, 15) is 9.59 Å². The lowest BCUT2D eigenvalue weighted by molar-refractivity contribution is 0.0690. The van der Waals surface area contributed by atoms with Crippen LogP contribution < -0.4 is 5.32 Å². The molecule has 5 nitrogen and oxygen atoms in total. The molecule has 1 heterocycles. The molecule has 0 saturated carbocycles. The smallest absolute Gasteiger partial charge is 0.354 e. The first-order valence-corrected chi connectivity index (χ1v) is 6.62. The number of carbonyl (C=O) groups excluding carboxylic acids is 1. The number of carboxylic acid groups (broad SMARTS) is 1. The Labute approximate surface area is 110 Å². The van der Waals surface area contributed by atoms with E-state index in [0.29, 0.717) is 6.54 Å². The van der Waals surface area contributed by atoms with Crippen molar-refractivity contribution in [3.05, 3.63) is 29.6 Å². The van der Waals surface area contributed by atoms with Crippen LogP contribution in [0.15, 0.2) is 18.2 Å². The van der Waals surface area contributed by atoms with Crippen LogP contribution in [0.1, 0.15) is 34.8 Å². The van der Waals surface area contributed by atoms with Crippen molar-refractivity contribution in [1.82, 2.24) is 10.3 Å². The van der Waals surface area contributed by atoms with Gasteiger partial charge in [0.05, 0.1) is 0 Å². The highest BCUT2D eigenvalue weighted by molar-refractivity contribution is 7.99. The van der Waals surface area contributed by atoms with E-state index in [2.05, 4.69) is 10.3 Å². The topological polar surface area (TPSA) is 79.3 Å². The lowest BCUT2D eigenvalue weighted by Crippen LogP contribution is -2.36. The molecule has 1 rings (SSSR count). The molecular weight excluding hydrogens is 252 g/mol. The Morgan fingerprint density at radius 2 is 2.00 bits per heavy atom. The molecule has 0 bridgehead atoms. The van der Waals surface area contributed by atoms with Crippen molar-refractivity contribution in [3.8, 4) is 0 Å². The van der Waals surface area contributed by atoms with Gasteiger partial charge in [-0.2, -0.15) is 11.8 Å². The Bertz CT molecular complexity index is 460. The van der Waals surface area contributed by atoms with Gasteiger partial charge in [0.2, 0.25) is 0 Å². The number of hydrogen-bond donors (Lipinski definition) is 2. The van der Waals surface area contributed by atoms with Crippen LogP contribution in [-0.4, -0.2) is 39.5 Å². The van der Waals surface area contributed by atoms with Crippen LogP contribution in [0.4, 0.5) is 0 Å². The number of nitrogens with zero attached hydrogens (tertiary/aromatic N) is 1. The second-order valence-electron chi connectivity index (χ2n) is 4.36. The summed E-state index contributed by atoms with van der Waals surface area (Å²) in [7, 11) is 0. The molecule has 6 heteroatoms. The minimum Gasteiger partial charge on any atom is -0.477 e. The third-order valence-corrected chi connectivity index (χ3v) is 3.68. The van der Waals surface area contributed by atoms with E-state index in [1.807, 2.05) is 20.1 Å². The van der Waals surface area contributed by atoms with Gasteiger partial charge < -0.3 is 10.4 Å². The maximum atomic E-state index is 11.8. The summed E-state index contributed by atoms with van der Waals surface area (Å²) in [5, 5.41) is 11.5. The molecule has 0 aliphatic carbocycles. The zero-order valence-electron chi connectivity index (χ0n) is 10.6. The molecule has 1 aromatic rings. The Hall–Kier alpha value is -1.56. The number of pyridine rings is 1. The van der Waals surface area contributed by atoms with E-state index in [4.69, 9.17) is 5.11 Å². The average Bonchev–Trinajstić information content (AvgIpc) is 2.36. The predicted octanol–water partition coefficient (Wildman–Crippen LogP) is 1.65. The van der Waals surface area contributed by atoms with Gasteiger partial charge in [0.25, 0.3) is 5.91 Å². The zero-order chi connectivity index (χ0) is 13.8. The molecule has 0 aromatic carbocycles. The van der Waals surface area contributed by atoms with Crippen molar-refractivity contribution in [2.24, 2.45) is 0 Å². The number of carboxylic acids is 1. The SMILES string of the molecule is CSC(C)(C)CNC(=O)c1cccc(C(=O)O)n1. The highest BCUT2D eigenvalue weighted by atomic mass is 32.2. The third kappa shape index (κ3) is 4.03. The summed E-state index contributed by atoms with van der Waals surface area (Å²) in [6.45, 7) is 4.52. The molecule has 0 aliphatic rings. The first-order chi connectivity index (χ1) is 8.35. The highest BCUT2D eigenvalue weighted by Crippen LogP contribution is 2.19. The molecule has 2 N–H and O–H groups in total. The molecule has 0 saturated heterocycles. The number of carbonyl (C=O) groups is 2. The number of thioether (sulfide) groups is 1. The largest absolute Gasteiger partial charge is 0.477 e. The second-order valence-corrected chi connectivity index (χ2v) is 5.87. The Morgan fingerprint density at radius 3 is 2.56 bits per heavy atom. The lowest BCUT2D eigenvalue weighted by atomic mass is 10.2. The van der Waals surface area contributed by atoms with Crippen LogP contribution in [-0.2, 0) is 0 Å². The normalized spacial score (nSPS) is 11.1. The fourth-order valence-electron chi connectivity index (χ4n) is 1.14. The average molecular weight is 268 g/mol. The van der Waals surface area contributed by atoms with Crippen LogP contribution in [0.3, 0.4) is 0 Å². The summed E-state index contributed by atoms with van der Waals surface area (Å²) in [5.74, 6) is -1.51. The number of aromatic nitrogens is 1. The van der Waals surface area contributed by atoms with Gasteiger partial charge >= 0.3 is 5.97 Å². The summed E-state index contributed by atoms with van der Waals surface area (Å²) >= 11 is 1.64. The number of rotatable bonds is 5. The van der Waals surface area contributed by atoms with Gasteiger partial charge in [0.15, 0.2) is 0 Å². The van der Waals surface area contributed by atoms with Crippen molar-refractivity contribution in [2.75, 3.05) is 12.8 Å². The van der Waals surface area contributed by atoms with Gasteiger partial charge in [-0.15, -0.1) is 0 Å². The Morgan fingerprint density at radius 1 is 1.39 bits per heavy atom. The Kier molecular flexibility index (Phi) is 4.72. The van der Waals surface area contributed by atoms with Gasteiger partial charge in [0.1, 0.15) is 11.4 Å². The number of nitrogens with one attached hydrogen (secondary N) is 1. The lowest BCUT2D eigenvalue weighted by Gasteiger charge is -2.22. The quantitative estimate of drug-likeness (QED) is 0.849. The van der Waals surface area contributed by atoms with Crippen molar-refractivity contribution < 1.29 is 14.7 Å². The maximum Gasteiger partial charge on any atom is 0.354 e. The summed E-state index contributed by atoms with van der Waals surface area (Å²) in [6.07, 6.45) is 1.97. The first-order valence-electron chi connectivity index (χ1n) is 5.39. The molecule has 18 heavy (non-hydrogen) atoms. The van der Waals surface area contributed by atoms with E-state index in [-0.39, 0.29) is 22.0 Å². The fourth-order valence-corrected chi connectivity index (χ4v) is 1.35. The number of amides is 1. The third-order valence-electron chi connectivity index (χ3n) is 2.43. The molecule has 1 amide bonds. The van der Waals surface area contributed by atoms with E-state index < -0.39 is 5.97 Å². The van der Waals surface area contributed by atoms with Crippen molar-refractivity contribution in [1.29, 1.82) is 0 Å². The minimum absolute atomic E-state index is 0.0694. The van der Waals surface area contributed by atoms with Crippen LogP contribution in [0.2, 0.25) is 0 Å². The van der Waals surface area contributed by atoms with Crippen LogP contribution in [0.25, 0.3) is 0 Å². The van der Waals surface area contributed by atoms with Gasteiger partial charge in [-0.3, -0.25) is 4.79 Å². The van der Waals surface area contributed by atoms with E-state index in [1.165, 1.54) is 18.2 Å². The Balaban J connectivity index is 2.73. The van der Waals surface area contributed by atoms with Crippen molar-refractivity contribution in [3.63, 3.8) is 0 Å². The number of aromatic carboxylic acids is 1. The van der Waals surface area contributed by atoms with Gasteiger partial charge in [0, 0.05) is 11.3 Å². The molecular formula is C12H16N2O3S. The second kappa shape index (κ2) is 5.86. The minimum atomic E-state index is -1.14. The summed E-state index contributed by atoms with van der Waals surface area (Å²) in [4.78, 5) is 26.3. The van der Waals surface area contributed by atoms with Gasteiger partial charge in [-0.25, -0.2) is 9.78 Å². The van der Waals surface area contributed by atoms with Crippen molar-refractivity contribution in [2.45, 2.75) is 18.6 Å². The first kappa shape index (κ1) is 14.5. The van der Waals surface area contributed by atoms with Crippen LogP contribution in [0.5, 0.6) is 0 Å². The van der Waals surface area contributed by atoms with E-state index >= 15 is 0 Å². The zero-order valence-corrected chi connectivity index (χ0v) is 11.4. The molecule has 0 spiro atoms. The van der Waals surface area contributed by atoms with Crippen LogP contribution >= 0.6 is 11.8 Å². The predicted molar refractivity (Wildman–Crippen MR) is 71.1 cm³/mol. The molecule has 0 atom stereocenters. The van der Waals surface area contributed by atoms with E-state index in [0.717, 1.165) is 0 Å². The molecule has 0 radical (unpaired) electrons. The van der Waals surface area contributed by atoms with E-state index in [1.54, 1.807) is 11.8 Å². The van der Waals surface area contributed by atoms with Gasteiger partial charge in [-0.1, -0.05) is 6.07 Å². The molecule has 1 aromatic heterocycles. The molecule has 0 aliphatic heterocycles. The molecule has 0 fully saturated rings. The van der Waals surface area contributed by atoms with Crippen molar-refractivity contribution >= 4 is 23.6 Å². The molecule has 0 unspecified atom stereocenters. The highest BCUT2D eigenvalue weighted by Gasteiger charge is 2.18. The monoisotopic (exact) mass is 268 g/mol. The summed E-state index contributed by atoms with van der Waals surface area (Å²) in [5.41, 5.74) is -0.0152. The summed E-state index contributed by atoms with van der Waals surface area (Å²) < 4.78 is -0.0694. The molecule has 98 valence electrons. The van der Waals surface area contributed by atoms with Gasteiger partial charge in [-0.05, 0) is 32.2 Å². The maximum absolute atomic E-state index is 11.8. The number of hydrogen-bond acceptors (Lipinski definition) is 4. The van der Waals surface area contributed by atoms with Crippen LogP contribution in [0, 0.1) is 0 Å².